The van der Waals surface area contributed by atoms with E-state index in [4.69, 9.17) is 0 Å². The van der Waals surface area contributed by atoms with Gasteiger partial charge in [0.15, 0.2) is 5.96 Å². The quantitative estimate of drug-likeness (QED) is 0.334. The number of aromatic nitrogens is 2. The van der Waals surface area contributed by atoms with Crippen LogP contribution in [0.5, 0.6) is 0 Å². The second kappa shape index (κ2) is 12.5. The third-order valence-electron chi connectivity index (χ3n) is 4.75. The summed E-state index contributed by atoms with van der Waals surface area (Å²) in [5.41, 5.74) is 0.975. The molecule has 2 aromatic rings. The standard InChI is InChI=1S/C20H28FN7.HI/c1-22-19(23-9-6-17-4-2-5-18(21)16-17)24-10-11-27-12-14-28(15-13-27)20-25-7-3-8-26-20;/h2-5,7-8,16H,6,9-15H2,1H3,(H2,22,23,24);1H. The first kappa shape index (κ1) is 23.3. The monoisotopic (exact) mass is 513 g/mol. The molecule has 0 spiro atoms. The lowest BCUT2D eigenvalue weighted by atomic mass is 10.1. The lowest BCUT2D eigenvalue weighted by Crippen LogP contribution is -2.49. The van der Waals surface area contributed by atoms with Crippen LogP contribution in [0.1, 0.15) is 5.56 Å². The zero-order valence-electron chi connectivity index (χ0n) is 16.7. The number of rotatable bonds is 7. The topological polar surface area (TPSA) is 68.7 Å². The van der Waals surface area contributed by atoms with E-state index in [1.807, 2.05) is 12.1 Å². The van der Waals surface area contributed by atoms with E-state index in [9.17, 15) is 4.39 Å². The Hall–Kier alpha value is -2.01. The number of hydrogen-bond donors (Lipinski definition) is 2. The van der Waals surface area contributed by atoms with Crippen LogP contribution in [0.25, 0.3) is 0 Å². The molecular formula is C20H29FIN7. The van der Waals surface area contributed by atoms with Gasteiger partial charge in [-0.2, -0.15) is 0 Å². The number of guanidine groups is 1. The molecule has 1 aliphatic heterocycles. The number of nitrogens with zero attached hydrogens (tertiary/aromatic N) is 5. The minimum absolute atomic E-state index is 0. The smallest absolute Gasteiger partial charge is 0.225 e. The van der Waals surface area contributed by atoms with Gasteiger partial charge in [0.1, 0.15) is 5.82 Å². The predicted molar refractivity (Wildman–Crippen MR) is 126 cm³/mol. The fraction of sp³-hybridized carbons (Fsp3) is 0.450. The van der Waals surface area contributed by atoms with Gasteiger partial charge in [-0.05, 0) is 30.2 Å². The number of nitrogens with one attached hydrogen (secondary N) is 2. The van der Waals surface area contributed by atoms with Crippen LogP contribution in [0, 0.1) is 5.82 Å². The summed E-state index contributed by atoms with van der Waals surface area (Å²) < 4.78 is 13.2. The highest BCUT2D eigenvalue weighted by atomic mass is 127. The van der Waals surface area contributed by atoms with Crippen molar-refractivity contribution < 1.29 is 4.39 Å². The molecule has 2 heterocycles. The van der Waals surface area contributed by atoms with Crippen molar-refractivity contribution in [1.82, 2.24) is 25.5 Å². The van der Waals surface area contributed by atoms with E-state index in [2.05, 4.69) is 35.4 Å². The zero-order valence-corrected chi connectivity index (χ0v) is 19.1. The maximum atomic E-state index is 13.2. The van der Waals surface area contributed by atoms with Gasteiger partial charge in [0.05, 0.1) is 0 Å². The Bertz CT molecular complexity index is 752. The van der Waals surface area contributed by atoms with Gasteiger partial charge in [-0.15, -0.1) is 24.0 Å². The largest absolute Gasteiger partial charge is 0.356 e. The van der Waals surface area contributed by atoms with Crippen molar-refractivity contribution in [3.05, 3.63) is 54.1 Å². The molecule has 0 amide bonds. The molecule has 0 atom stereocenters. The van der Waals surface area contributed by atoms with Crippen LogP contribution in [0.2, 0.25) is 0 Å². The van der Waals surface area contributed by atoms with Crippen molar-refractivity contribution in [2.45, 2.75) is 6.42 Å². The molecule has 0 radical (unpaired) electrons. The molecule has 3 rings (SSSR count). The lowest BCUT2D eigenvalue weighted by Gasteiger charge is -2.34. The van der Waals surface area contributed by atoms with Gasteiger partial charge in [-0.3, -0.25) is 9.89 Å². The summed E-state index contributed by atoms with van der Waals surface area (Å²) >= 11 is 0. The fourth-order valence-electron chi connectivity index (χ4n) is 3.20. The zero-order chi connectivity index (χ0) is 19.6. The van der Waals surface area contributed by atoms with Crippen LogP contribution in [0.4, 0.5) is 10.3 Å². The van der Waals surface area contributed by atoms with Gasteiger partial charge < -0.3 is 15.5 Å². The third-order valence-corrected chi connectivity index (χ3v) is 4.75. The first-order chi connectivity index (χ1) is 13.7. The predicted octanol–water partition coefficient (Wildman–Crippen LogP) is 1.76. The molecular weight excluding hydrogens is 484 g/mol. The molecule has 1 aliphatic rings. The molecule has 1 aromatic heterocycles. The van der Waals surface area contributed by atoms with E-state index in [0.717, 1.165) is 63.2 Å². The minimum atomic E-state index is -0.195. The van der Waals surface area contributed by atoms with Crippen molar-refractivity contribution in [3.8, 4) is 0 Å². The van der Waals surface area contributed by atoms with E-state index < -0.39 is 0 Å². The Morgan fingerprint density at radius 1 is 1.07 bits per heavy atom. The summed E-state index contributed by atoms with van der Waals surface area (Å²) in [7, 11) is 1.76. The molecule has 0 aliphatic carbocycles. The molecule has 7 nitrogen and oxygen atoms in total. The second-order valence-electron chi connectivity index (χ2n) is 6.68. The molecule has 158 valence electrons. The van der Waals surface area contributed by atoms with E-state index in [1.165, 1.54) is 6.07 Å². The van der Waals surface area contributed by atoms with E-state index in [-0.39, 0.29) is 29.8 Å². The second-order valence-corrected chi connectivity index (χ2v) is 6.68. The lowest BCUT2D eigenvalue weighted by molar-refractivity contribution is 0.260. The summed E-state index contributed by atoms with van der Waals surface area (Å²) in [5, 5.41) is 6.62. The number of hydrogen-bond acceptors (Lipinski definition) is 5. The van der Waals surface area contributed by atoms with Crippen LogP contribution in [-0.4, -0.2) is 73.7 Å². The van der Waals surface area contributed by atoms with Crippen LogP contribution in [0.3, 0.4) is 0 Å². The highest BCUT2D eigenvalue weighted by Gasteiger charge is 2.18. The third kappa shape index (κ3) is 7.73. The Balaban J connectivity index is 0.00000300. The first-order valence-electron chi connectivity index (χ1n) is 9.68. The molecule has 9 heteroatoms. The number of anilines is 1. The average Bonchev–Trinajstić information content (AvgIpc) is 2.74. The molecule has 1 saturated heterocycles. The fourth-order valence-corrected chi connectivity index (χ4v) is 3.20. The van der Waals surface area contributed by atoms with Crippen molar-refractivity contribution >= 4 is 35.9 Å². The Labute approximate surface area is 188 Å². The van der Waals surface area contributed by atoms with E-state index in [0.29, 0.717) is 6.54 Å². The molecule has 29 heavy (non-hydrogen) atoms. The van der Waals surface area contributed by atoms with Gasteiger partial charge in [-0.25, -0.2) is 14.4 Å². The summed E-state index contributed by atoms with van der Waals surface area (Å²) in [6, 6.07) is 8.54. The van der Waals surface area contributed by atoms with Crippen LogP contribution in [0.15, 0.2) is 47.7 Å². The summed E-state index contributed by atoms with van der Waals surface area (Å²) in [4.78, 5) is 17.5. The number of piperazine rings is 1. The number of halogens is 2. The average molecular weight is 513 g/mol. The van der Waals surface area contributed by atoms with Crippen molar-refractivity contribution in [2.24, 2.45) is 4.99 Å². The number of benzene rings is 1. The van der Waals surface area contributed by atoms with E-state index >= 15 is 0 Å². The molecule has 1 fully saturated rings. The maximum Gasteiger partial charge on any atom is 0.225 e. The van der Waals surface area contributed by atoms with Crippen molar-refractivity contribution in [1.29, 1.82) is 0 Å². The Morgan fingerprint density at radius 2 is 1.79 bits per heavy atom. The van der Waals surface area contributed by atoms with Crippen LogP contribution >= 0.6 is 24.0 Å². The summed E-state index contributed by atoms with van der Waals surface area (Å²) in [6.07, 6.45) is 4.32. The molecule has 0 bridgehead atoms. The van der Waals surface area contributed by atoms with Crippen molar-refractivity contribution in [3.63, 3.8) is 0 Å². The van der Waals surface area contributed by atoms with Crippen LogP contribution in [-0.2, 0) is 6.42 Å². The van der Waals surface area contributed by atoms with Gasteiger partial charge in [0, 0.05) is 65.3 Å². The van der Waals surface area contributed by atoms with Gasteiger partial charge in [0.25, 0.3) is 0 Å². The van der Waals surface area contributed by atoms with Crippen LogP contribution < -0.4 is 15.5 Å². The summed E-state index contributed by atoms with van der Waals surface area (Å²) in [5.74, 6) is 1.38. The molecule has 0 saturated carbocycles. The molecule has 2 N–H and O–H groups in total. The normalized spacial score (nSPS) is 15.0. The van der Waals surface area contributed by atoms with Gasteiger partial charge >= 0.3 is 0 Å². The molecule has 1 aromatic carbocycles. The first-order valence-corrected chi connectivity index (χ1v) is 9.68. The van der Waals surface area contributed by atoms with Gasteiger partial charge in [0.2, 0.25) is 5.95 Å². The minimum Gasteiger partial charge on any atom is -0.356 e. The summed E-state index contributed by atoms with van der Waals surface area (Å²) in [6.45, 7) is 6.33. The Kier molecular flexibility index (Phi) is 10.1. The highest BCUT2D eigenvalue weighted by molar-refractivity contribution is 14.0. The number of aliphatic imine (C=N–C) groups is 1. The Morgan fingerprint density at radius 3 is 2.48 bits per heavy atom. The van der Waals surface area contributed by atoms with E-state index in [1.54, 1.807) is 31.6 Å². The highest BCUT2D eigenvalue weighted by Crippen LogP contribution is 2.09. The SMILES string of the molecule is CN=C(NCCc1cccc(F)c1)NCCN1CCN(c2ncccn2)CC1.I. The maximum absolute atomic E-state index is 13.2. The van der Waals surface area contributed by atoms with Crippen molar-refractivity contribution in [2.75, 3.05) is 57.8 Å². The molecule has 0 unspecified atom stereocenters. The van der Waals surface area contributed by atoms with Gasteiger partial charge in [-0.1, -0.05) is 12.1 Å².